The molecule has 0 aromatic heterocycles. The minimum Gasteiger partial charge on any atom is -0.491 e. The van der Waals surface area contributed by atoms with Crippen molar-refractivity contribution in [2.45, 2.75) is 26.5 Å². The van der Waals surface area contributed by atoms with Crippen LogP contribution in [0, 0.1) is 0 Å². The van der Waals surface area contributed by atoms with Crippen LogP contribution in [0.3, 0.4) is 0 Å². The maximum atomic E-state index is 12.5. The van der Waals surface area contributed by atoms with Crippen molar-refractivity contribution in [1.82, 2.24) is 5.32 Å². The van der Waals surface area contributed by atoms with E-state index in [9.17, 15) is 9.59 Å². The summed E-state index contributed by atoms with van der Waals surface area (Å²) in [7, 11) is 0. The van der Waals surface area contributed by atoms with Gasteiger partial charge in [0.1, 0.15) is 5.75 Å². The minimum absolute atomic E-state index is 0.0606. The quantitative estimate of drug-likeness (QED) is 0.619. The Kier molecular flexibility index (Phi) is 6.63. The molecule has 0 unspecified atom stereocenters. The van der Waals surface area contributed by atoms with Gasteiger partial charge in [0.15, 0.2) is 0 Å². The first kappa shape index (κ1) is 20.1. The lowest BCUT2D eigenvalue weighted by Crippen LogP contribution is -2.23. The Hall–Kier alpha value is -3.60. The van der Waals surface area contributed by atoms with E-state index in [1.807, 2.05) is 56.3 Å². The van der Waals surface area contributed by atoms with Crippen molar-refractivity contribution in [3.05, 3.63) is 95.6 Å². The number of para-hydroxylation sites is 1. The third kappa shape index (κ3) is 5.69. The molecule has 2 N–H and O–H groups in total. The Balaban J connectivity index is 1.59. The van der Waals surface area contributed by atoms with Gasteiger partial charge >= 0.3 is 0 Å². The van der Waals surface area contributed by atoms with Crippen molar-refractivity contribution < 1.29 is 14.3 Å². The molecule has 0 radical (unpaired) electrons. The van der Waals surface area contributed by atoms with Crippen LogP contribution in [0.2, 0.25) is 0 Å². The van der Waals surface area contributed by atoms with Crippen LogP contribution < -0.4 is 15.4 Å². The molecule has 0 aliphatic carbocycles. The molecular formula is C24H24N2O3. The zero-order chi connectivity index (χ0) is 20.6. The summed E-state index contributed by atoms with van der Waals surface area (Å²) in [5.41, 5.74) is 2.65. The average molecular weight is 388 g/mol. The molecule has 148 valence electrons. The number of amides is 2. The second kappa shape index (κ2) is 9.55. The summed E-state index contributed by atoms with van der Waals surface area (Å²) in [4.78, 5) is 24.7. The largest absolute Gasteiger partial charge is 0.491 e. The predicted octanol–water partition coefficient (Wildman–Crippen LogP) is 4.66. The van der Waals surface area contributed by atoms with Crippen LogP contribution in [0.15, 0.2) is 78.9 Å². The second-order valence-electron chi connectivity index (χ2n) is 6.85. The van der Waals surface area contributed by atoms with Gasteiger partial charge in [0, 0.05) is 28.9 Å². The summed E-state index contributed by atoms with van der Waals surface area (Å²) in [6.07, 6.45) is 0.0606. The fourth-order valence-electron chi connectivity index (χ4n) is 2.79. The van der Waals surface area contributed by atoms with Crippen LogP contribution >= 0.6 is 0 Å². The number of anilines is 1. The lowest BCUT2D eigenvalue weighted by molar-refractivity contribution is 0.0950. The van der Waals surface area contributed by atoms with Gasteiger partial charge in [0.25, 0.3) is 11.8 Å². The lowest BCUT2D eigenvalue weighted by atomic mass is 10.1. The van der Waals surface area contributed by atoms with Crippen LogP contribution in [0.1, 0.15) is 40.1 Å². The Labute approximate surface area is 170 Å². The first-order valence-electron chi connectivity index (χ1n) is 9.52. The molecule has 0 spiro atoms. The highest BCUT2D eigenvalue weighted by atomic mass is 16.5. The summed E-state index contributed by atoms with van der Waals surface area (Å²) in [6, 6.07) is 23.4. The maximum Gasteiger partial charge on any atom is 0.255 e. The molecular weight excluding hydrogens is 364 g/mol. The minimum atomic E-state index is -0.190. The van der Waals surface area contributed by atoms with Crippen LogP contribution in [0.4, 0.5) is 5.69 Å². The van der Waals surface area contributed by atoms with Crippen molar-refractivity contribution in [2.24, 2.45) is 0 Å². The van der Waals surface area contributed by atoms with Gasteiger partial charge in [-0.3, -0.25) is 9.59 Å². The van der Waals surface area contributed by atoms with E-state index in [1.54, 1.807) is 36.4 Å². The van der Waals surface area contributed by atoms with E-state index in [4.69, 9.17) is 4.74 Å². The molecule has 0 fully saturated rings. The molecule has 3 aromatic rings. The summed E-state index contributed by atoms with van der Waals surface area (Å²) in [6.45, 7) is 4.30. The molecule has 0 heterocycles. The molecule has 3 rings (SSSR count). The van der Waals surface area contributed by atoms with Gasteiger partial charge in [-0.25, -0.2) is 0 Å². The van der Waals surface area contributed by atoms with Gasteiger partial charge in [-0.1, -0.05) is 36.4 Å². The van der Waals surface area contributed by atoms with Crippen molar-refractivity contribution in [2.75, 3.05) is 5.32 Å². The van der Waals surface area contributed by atoms with E-state index < -0.39 is 0 Å². The van der Waals surface area contributed by atoms with Crippen molar-refractivity contribution in [3.8, 4) is 5.75 Å². The van der Waals surface area contributed by atoms with Crippen LogP contribution in [0.25, 0.3) is 0 Å². The van der Waals surface area contributed by atoms with E-state index in [-0.39, 0.29) is 17.9 Å². The molecule has 3 aromatic carbocycles. The van der Waals surface area contributed by atoms with Crippen molar-refractivity contribution in [1.29, 1.82) is 0 Å². The zero-order valence-corrected chi connectivity index (χ0v) is 16.5. The van der Waals surface area contributed by atoms with Crippen LogP contribution in [-0.4, -0.2) is 17.9 Å². The number of carbonyl (C=O) groups is 2. The van der Waals surface area contributed by atoms with Crippen LogP contribution in [0.5, 0.6) is 5.75 Å². The molecule has 0 atom stereocenters. The van der Waals surface area contributed by atoms with Crippen LogP contribution in [-0.2, 0) is 6.54 Å². The normalized spacial score (nSPS) is 10.4. The standard InChI is InChI=1S/C24H24N2O3/c1-17(2)29-22-11-7-6-10-20(22)16-25-23(27)19-12-14-21(15-13-19)26-24(28)18-8-4-3-5-9-18/h3-15,17H,16H2,1-2H3,(H,25,27)(H,26,28). The number of hydrogen-bond acceptors (Lipinski definition) is 3. The monoisotopic (exact) mass is 388 g/mol. The predicted molar refractivity (Wildman–Crippen MR) is 114 cm³/mol. The van der Waals surface area contributed by atoms with E-state index in [0.717, 1.165) is 11.3 Å². The van der Waals surface area contributed by atoms with Gasteiger partial charge in [-0.05, 0) is 56.3 Å². The van der Waals surface area contributed by atoms with Gasteiger partial charge in [0.05, 0.1) is 6.10 Å². The highest BCUT2D eigenvalue weighted by Crippen LogP contribution is 2.19. The van der Waals surface area contributed by atoms with Crippen molar-refractivity contribution in [3.63, 3.8) is 0 Å². The van der Waals surface area contributed by atoms with E-state index in [0.29, 0.717) is 23.4 Å². The van der Waals surface area contributed by atoms with Gasteiger partial charge in [0.2, 0.25) is 0 Å². The Morgan fingerprint density at radius 3 is 2.10 bits per heavy atom. The molecule has 0 aliphatic heterocycles. The summed E-state index contributed by atoms with van der Waals surface area (Å²) in [5.74, 6) is 0.386. The van der Waals surface area contributed by atoms with Gasteiger partial charge < -0.3 is 15.4 Å². The van der Waals surface area contributed by atoms with Crippen molar-refractivity contribution >= 4 is 17.5 Å². The number of nitrogens with one attached hydrogen (secondary N) is 2. The molecule has 0 bridgehead atoms. The topological polar surface area (TPSA) is 67.4 Å². The molecule has 2 amide bonds. The first-order chi connectivity index (χ1) is 14.0. The SMILES string of the molecule is CC(C)Oc1ccccc1CNC(=O)c1ccc(NC(=O)c2ccccc2)cc1. The summed E-state index contributed by atoms with van der Waals surface area (Å²) < 4.78 is 5.78. The third-order valence-electron chi connectivity index (χ3n) is 4.22. The molecule has 0 saturated carbocycles. The molecule has 0 aliphatic rings. The smallest absolute Gasteiger partial charge is 0.255 e. The van der Waals surface area contributed by atoms with Gasteiger partial charge in [-0.15, -0.1) is 0 Å². The molecule has 0 saturated heterocycles. The third-order valence-corrected chi connectivity index (χ3v) is 4.22. The zero-order valence-electron chi connectivity index (χ0n) is 16.5. The Bertz CT molecular complexity index is 967. The Morgan fingerprint density at radius 2 is 1.41 bits per heavy atom. The lowest BCUT2D eigenvalue weighted by Gasteiger charge is -2.14. The fourth-order valence-corrected chi connectivity index (χ4v) is 2.79. The highest BCUT2D eigenvalue weighted by Gasteiger charge is 2.10. The molecule has 29 heavy (non-hydrogen) atoms. The first-order valence-corrected chi connectivity index (χ1v) is 9.52. The Morgan fingerprint density at radius 1 is 0.793 bits per heavy atom. The van der Waals surface area contributed by atoms with E-state index in [2.05, 4.69) is 10.6 Å². The number of carbonyl (C=O) groups excluding carboxylic acids is 2. The highest BCUT2D eigenvalue weighted by molar-refractivity contribution is 6.04. The number of ether oxygens (including phenoxy) is 1. The van der Waals surface area contributed by atoms with Gasteiger partial charge in [-0.2, -0.15) is 0 Å². The number of benzene rings is 3. The summed E-state index contributed by atoms with van der Waals surface area (Å²) in [5, 5.41) is 5.73. The number of rotatable bonds is 7. The average Bonchev–Trinajstić information content (AvgIpc) is 2.73. The molecule has 5 heteroatoms. The number of hydrogen-bond donors (Lipinski definition) is 2. The maximum absolute atomic E-state index is 12.5. The van der Waals surface area contributed by atoms with E-state index >= 15 is 0 Å². The summed E-state index contributed by atoms with van der Waals surface area (Å²) >= 11 is 0. The second-order valence-corrected chi connectivity index (χ2v) is 6.85. The molecule has 5 nitrogen and oxygen atoms in total. The van der Waals surface area contributed by atoms with E-state index in [1.165, 1.54) is 0 Å². The fraction of sp³-hybridized carbons (Fsp3) is 0.167.